The molecular formula is C19H23N5O4S. The van der Waals surface area contributed by atoms with E-state index in [9.17, 15) is 8.42 Å². The third-order valence-electron chi connectivity index (χ3n) is 4.16. The lowest BCUT2D eigenvalue weighted by molar-refractivity contribution is 0.319. The number of aromatic nitrogens is 4. The van der Waals surface area contributed by atoms with Crippen LogP contribution in [0.2, 0.25) is 0 Å². The lowest BCUT2D eigenvalue weighted by Crippen LogP contribution is -2.27. The maximum atomic E-state index is 13.3. The molecule has 0 radical (unpaired) electrons. The summed E-state index contributed by atoms with van der Waals surface area (Å²) < 4.78 is 40.7. The van der Waals surface area contributed by atoms with E-state index < -0.39 is 10.0 Å². The molecule has 0 atom stereocenters. The minimum Gasteiger partial charge on any atom is -0.492 e. The highest BCUT2D eigenvalue weighted by Crippen LogP contribution is 2.36. The third kappa shape index (κ3) is 4.54. The van der Waals surface area contributed by atoms with E-state index in [1.807, 2.05) is 37.3 Å². The van der Waals surface area contributed by atoms with Gasteiger partial charge < -0.3 is 9.47 Å². The number of sulfonamides is 1. The maximum Gasteiger partial charge on any atom is 0.246 e. The largest absolute Gasteiger partial charge is 0.492 e. The minimum absolute atomic E-state index is 0.0260. The van der Waals surface area contributed by atoms with E-state index in [1.54, 1.807) is 13.0 Å². The van der Waals surface area contributed by atoms with E-state index in [1.165, 1.54) is 28.4 Å². The van der Waals surface area contributed by atoms with Gasteiger partial charge in [0.15, 0.2) is 0 Å². The van der Waals surface area contributed by atoms with Crippen LogP contribution in [0.25, 0.3) is 5.69 Å². The van der Waals surface area contributed by atoms with Crippen molar-refractivity contribution in [2.75, 3.05) is 20.3 Å². The minimum atomic E-state index is -3.85. The fourth-order valence-corrected chi connectivity index (χ4v) is 4.10. The van der Waals surface area contributed by atoms with Crippen molar-refractivity contribution >= 4 is 10.0 Å². The Morgan fingerprint density at radius 2 is 1.72 bits per heavy atom. The molecule has 0 fully saturated rings. The van der Waals surface area contributed by atoms with Crippen LogP contribution in [0, 0.1) is 0 Å². The summed E-state index contributed by atoms with van der Waals surface area (Å²) in [6, 6.07) is 12.4. The molecule has 0 aliphatic rings. The zero-order chi connectivity index (χ0) is 20.9. The van der Waals surface area contributed by atoms with E-state index in [4.69, 9.17) is 9.47 Å². The van der Waals surface area contributed by atoms with Crippen molar-refractivity contribution in [3.05, 3.63) is 54.4 Å². The predicted octanol–water partition coefficient (Wildman–Crippen LogP) is 2.28. The summed E-state index contributed by atoms with van der Waals surface area (Å²) >= 11 is 0. The van der Waals surface area contributed by atoms with Gasteiger partial charge in [0.1, 0.15) is 28.4 Å². The molecule has 0 N–H and O–H groups in total. The second-order valence-corrected chi connectivity index (χ2v) is 8.15. The third-order valence-corrected chi connectivity index (χ3v) is 5.98. The Morgan fingerprint density at radius 3 is 2.34 bits per heavy atom. The molecule has 0 saturated carbocycles. The molecule has 3 rings (SSSR count). The van der Waals surface area contributed by atoms with Gasteiger partial charge in [0, 0.05) is 25.7 Å². The van der Waals surface area contributed by atoms with Crippen LogP contribution in [-0.2, 0) is 16.6 Å². The molecule has 0 aliphatic carbocycles. The van der Waals surface area contributed by atoms with Gasteiger partial charge in [-0.15, -0.1) is 5.10 Å². The Bertz CT molecular complexity index is 1040. The van der Waals surface area contributed by atoms with E-state index in [-0.39, 0.29) is 17.2 Å². The smallest absolute Gasteiger partial charge is 0.246 e. The summed E-state index contributed by atoms with van der Waals surface area (Å²) in [5, 5.41) is 11.1. The first kappa shape index (κ1) is 20.7. The second-order valence-electron chi connectivity index (χ2n) is 6.13. The van der Waals surface area contributed by atoms with E-state index >= 15 is 0 Å². The normalized spacial score (nSPS) is 11.6. The number of ether oxygens (including phenoxy) is 2. The first-order valence-electron chi connectivity index (χ1n) is 9.14. The lowest BCUT2D eigenvalue weighted by Gasteiger charge is -2.21. The van der Waals surface area contributed by atoms with Crippen molar-refractivity contribution in [1.29, 1.82) is 0 Å². The summed E-state index contributed by atoms with van der Waals surface area (Å²) in [6.45, 7) is 4.48. The van der Waals surface area contributed by atoms with Crippen LogP contribution < -0.4 is 9.47 Å². The van der Waals surface area contributed by atoms with Gasteiger partial charge in [0.05, 0.1) is 13.2 Å². The fraction of sp³-hybridized carbons (Fsp3) is 0.316. The molecule has 1 heterocycles. The van der Waals surface area contributed by atoms with Crippen LogP contribution in [0.15, 0.2) is 53.7 Å². The quantitative estimate of drug-likeness (QED) is 0.527. The summed E-state index contributed by atoms with van der Waals surface area (Å²) in [5.74, 6) is 0.552. The van der Waals surface area contributed by atoms with Gasteiger partial charge in [-0.1, -0.05) is 30.3 Å². The molecular weight excluding hydrogens is 394 g/mol. The Hall–Kier alpha value is -2.98. The highest BCUT2D eigenvalue weighted by atomic mass is 32.2. The van der Waals surface area contributed by atoms with Gasteiger partial charge in [0.25, 0.3) is 0 Å². The van der Waals surface area contributed by atoms with Crippen LogP contribution >= 0.6 is 0 Å². The average Bonchev–Trinajstić information content (AvgIpc) is 3.24. The molecule has 3 aromatic rings. The molecule has 1 aromatic heterocycles. The first-order valence-corrected chi connectivity index (χ1v) is 10.6. The van der Waals surface area contributed by atoms with Gasteiger partial charge in [-0.2, -0.15) is 8.99 Å². The Labute approximate surface area is 169 Å². The molecule has 0 spiro atoms. The molecule has 154 valence electrons. The fourth-order valence-electron chi connectivity index (χ4n) is 2.82. The Kier molecular flexibility index (Phi) is 6.45. The number of nitrogens with zero attached hydrogens (tertiary/aromatic N) is 5. The summed E-state index contributed by atoms with van der Waals surface area (Å²) in [7, 11) is -2.31. The van der Waals surface area contributed by atoms with Gasteiger partial charge in [0.2, 0.25) is 10.0 Å². The van der Waals surface area contributed by atoms with Crippen molar-refractivity contribution < 1.29 is 17.9 Å². The van der Waals surface area contributed by atoms with Crippen LogP contribution in [0.3, 0.4) is 0 Å². The standard InChI is InChI=1S/C19H23N5O4S/c1-4-27-17-12-19(18(28-5-2)11-16(17)24-14-20-21-22-24)29(25,26)23(3)13-15-9-7-6-8-10-15/h6-12,14H,4-5,13H2,1-3H3. The highest BCUT2D eigenvalue weighted by molar-refractivity contribution is 7.89. The summed E-state index contributed by atoms with van der Waals surface area (Å²) in [5.41, 5.74) is 1.37. The molecule has 0 amide bonds. The van der Waals surface area contributed by atoms with Crippen LogP contribution in [0.4, 0.5) is 0 Å². The van der Waals surface area contributed by atoms with Gasteiger partial charge in [-0.05, 0) is 29.8 Å². The molecule has 0 bridgehead atoms. The van der Waals surface area contributed by atoms with Crippen LogP contribution in [-0.4, -0.2) is 53.2 Å². The Balaban J connectivity index is 2.07. The van der Waals surface area contributed by atoms with E-state index in [0.717, 1.165) is 5.56 Å². The van der Waals surface area contributed by atoms with Crippen molar-refractivity contribution in [1.82, 2.24) is 24.5 Å². The monoisotopic (exact) mass is 417 g/mol. The second kappa shape index (κ2) is 9.01. The molecule has 9 nitrogen and oxygen atoms in total. The molecule has 0 saturated heterocycles. The average molecular weight is 417 g/mol. The van der Waals surface area contributed by atoms with Crippen LogP contribution in [0.1, 0.15) is 19.4 Å². The number of tetrazole rings is 1. The van der Waals surface area contributed by atoms with Gasteiger partial charge >= 0.3 is 0 Å². The first-order chi connectivity index (χ1) is 14.0. The number of rotatable bonds is 9. The van der Waals surface area contributed by atoms with Gasteiger partial charge in [-0.3, -0.25) is 0 Å². The van der Waals surface area contributed by atoms with Crippen molar-refractivity contribution in [3.63, 3.8) is 0 Å². The zero-order valence-corrected chi connectivity index (χ0v) is 17.3. The molecule has 10 heteroatoms. The maximum absolute atomic E-state index is 13.3. The van der Waals surface area contributed by atoms with Crippen molar-refractivity contribution in [3.8, 4) is 17.2 Å². The zero-order valence-electron chi connectivity index (χ0n) is 16.5. The Morgan fingerprint density at radius 1 is 1.03 bits per heavy atom. The summed E-state index contributed by atoms with van der Waals surface area (Å²) in [6.07, 6.45) is 1.41. The summed E-state index contributed by atoms with van der Waals surface area (Å²) in [4.78, 5) is 0.0260. The van der Waals surface area contributed by atoms with E-state index in [0.29, 0.717) is 24.7 Å². The molecule has 2 aromatic carbocycles. The van der Waals surface area contributed by atoms with Crippen molar-refractivity contribution in [2.24, 2.45) is 0 Å². The van der Waals surface area contributed by atoms with Crippen LogP contribution in [0.5, 0.6) is 11.5 Å². The van der Waals surface area contributed by atoms with Crippen molar-refractivity contribution in [2.45, 2.75) is 25.3 Å². The number of benzene rings is 2. The lowest BCUT2D eigenvalue weighted by atomic mass is 10.2. The molecule has 29 heavy (non-hydrogen) atoms. The molecule has 0 aliphatic heterocycles. The number of hydrogen-bond acceptors (Lipinski definition) is 7. The molecule has 0 unspecified atom stereocenters. The van der Waals surface area contributed by atoms with Gasteiger partial charge in [-0.25, -0.2) is 8.42 Å². The topological polar surface area (TPSA) is 99.4 Å². The number of hydrogen-bond donors (Lipinski definition) is 0. The van der Waals surface area contributed by atoms with E-state index in [2.05, 4.69) is 15.5 Å². The highest BCUT2D eigenvalue weighted by Gasteiger charge is 2.28. The SMILES string of the molecule is CCOc1cc(S(=O)(=O)N(C)Cc2ccccc2)c(OCC)cc1-n1cnnn1. The predicted molar refractivity (Wildman–Crippen MR) is 107 cm³/mol.